The SMILES string of the molecule is Cn1cc(C(=O)NNC(=S)Nc2ccc(Cl)cc2)c(C(F)(F)F)c1. The summed E-state index contributed by atoms with van der Waals surface area (Å²) in [5.41, 5.74) is 3.53. The van der Waals surface area contributed by atoms with E-state index >= 15 is 0 Å². The van der Waals surface area contributed by atoms with Crippen LogP contribution in [0.3, 0.4) is 0 Å². The number of rotatable bonds is 2. The number of aryl methyl sites for hydroxylation is 1. The van der Waals surface area contributed by atoms with Crippen molar-refractivity contribution in [3.05, 3.63) is 52.8 Å². The summed E-state index contributed by atoms with van der Waals surface area (Å²) in [6.45, 7) is 0. The first-order chi connectivity index (χ1) is 11.2. The maximum absolute atomic E-state index is 12.9. The van der Waals surface area contributed by atoms with Gasteiger partial charge >= 0.3 is 6.18 Å². The second-order valence-electron chi connectivity index (χ2n) is 4.79. The van der Waals surface area contributed by atoms with Crippen LogP contribution in [-0.2, 0) is 13.2 Å². The molecule has 1 aromatic carbocycles. The van der Waals surface area contributed by atoms with Gasteiger partial charge in [0.2, 0.25) is 0 Å². The number of amides is 1. The zero-order valence-corrected chi connectivity index (χ0v) is 13.8. The second kappa shape index (κ2) is 7.10. The average molecular weight is 377 g/mol. The first-order valence-electron chi connectivity index (χ1n) is 6.53. The van der Waals surface area contributed by atoms with Gasteiger partial charge in [0.15, 0.2) is 5.11 Å². The van der Waals surface area contributed by atoms with Crippen molar-refractivity contribution in [2.45, 2.75) is 6.18 Å². The predicted octanol–water partition coefficient (Wildman–Crippen LogP) is 3.33. The first-order valence-corrected chi connectivity index (χ1v) is 7.31. The van der Waals surface area contributed by atoms with E-state index < -0.39 is 23.2 Å². The van der Waals surface area contributed by atoms with Gasteiger partial charge in [-0.3, -0.25) is 15.6 Å². The Labute approximate surface area is 145 Å². The lowest BCUT2D eigenvalue weighted by Gasteiger charge is -2.12. The molecule has 2 rings (SSSR count). The number of hydrogen-bond donors (Lipinski definition) is 3. The summed E-state index contributed by atoms with van der Waals surface area (Å²) in [6.07, 6.45) is -2.72. The summed E-state index contributed by atoms with van der Waals surface area (Å²) in [5, 5.41) is 3.29. The zero-order chi connectivity index (χ0) is 17.9. The number of nitrogens with zero attached hydrogens (tertiary/aromatic N) is 1. The summed E-state index contributed by atoms with van der Waals surface area (Å²) < 4.78 is 39.8. The maximum atomic E-state index is 12.9. The van der Waals surface area contributed by atoms with Crippen LogP contribution in [0.2, 0.25) is 5.02 Å². The molecule has 24 heavy (non-hydrogen) atoms. The molecule has 0 saturated heterocycles. The third-order valence-electron chi connectivity index (χ3n) is 2.90. The van der Waals surface area contributed by atoms with Crippen molar-refractivity contribution >= 4 is 40.5 Å². The van der Waals surface area contributed by atoms with E-state index in [9.17, 15) is 18.0 Å². The molecule has 0 aliphatic heterocycles. The van der Waals surface area contributed by atoms with E-state index in [4.69, 9.17) is 23.8 Å². The Morgan fingerprint density at radius 1 is 1.17 bits per heavy atom. The predicted molar refractivity (Wildman–Crippen MR) is 88.7 cm³/mol. The van der Waals surface area contributed by atoms with Gasteiger partial charge in [-0.25, -0.2) is 0 Å². The van der Waals surface area contributed by atoms with Gasteiger partial charge in [0, 0.05) is 30.2 Å². The van der Waals surface area contributed by atoms with Crippen molar-refractivity contribution in [3.8, 4) is 0 Å². The highest BCUT2D eigenvalue weighted by Gasteiger charge is 2.36. The maximum Gasteiger partial charge on any atom is 0.418 e. The standard InChI is InChI=1S/C14H12ClF3N4OS/c1-22-6-10(11(7-22)14(16,17)18)12(23)20-21-13(24)19-9-4-2-8(15)3-5-9/h2-7H,1H3,(H,20,23)(H2,19,21,24). The van der Waals surface area contributed by atoms with Gasteiger partial charge in [0.1, 0.15) is 0 Å². The Balaban J connectivity index is 1.98. The quantitative estimate of drug-likeness (QED) is 0.556. The van der Waals surface area contributed by atoms with Crippen LogP contribution >= 0.6 is 23.8 Å². The molecule has 0 spiro atoms. The number of alkyl halides is 3. The van der Waals surface area contributed by atoms with Crippen LogP contribution in [0, 0.1) is 0 Å². The molecule has 0 saturated carbocycles. The topological polar surface area (TPSA) is 58.1 Å². The smallest absolute Gasteiger partial charge is 0.356 e. The molecule has 1 aromatic heterocycles. The highest BCUT2D eigenvalue weighted by atomic mass is 35.5. The molecule has 128 valence electrons. The summed E-state index contributed by atoms with van der Waals surface area (Å²) in [6, 6.07) is 6.56. The van der Waals surface area contributed by atoms with Crippen molar-refractivity contribution in [2.75, 3.05) is 5.32 Å². The summed E-state index contributed by atoms with van der Waals surface area (Å²) in [5.74, 6) is -0.955. The van der Waals surface area contributed by atoms with Gasteiger partial charge in [0.25, 0.3) is 5.91 Å². The number of carbonyl (C=O) groups is 1. The molecule has 0 unspecified atom stereocenters. The number of hydrogen-bond acceptors (Lipinski definition) is 2. The molecule has 1 amide bonds. The van der Waals surface area contributed by atoms with Crippen molar-refractivity contribution < 1.29 is 18.0 Å². The largest absolute Gasteiger partial charge is 0.418 e. The molecular weight excluding hydrogens is 365 g/mol. The number of aromatic nitrogens is 1. The normalized spacial score (nSPS) is 11.0. The third kappa shape index (κ3) is 4.62. The molecule has 3 N–H and O–H groups in total. The molecule has 0 bridgehead atoms. The number of anilines is 1. The van der Waals surface area contributed by atoms with Crippen LogP contribution in [-0.4, -0.2) is 15.6 Å². The highest BCUT2D eigenvalue weighted by molar-refractivity contribution is 7.80. The van der Waals surface area contributed by atoms with Gasteiger partial charge in [-0.05, 0) is 36.5 Å². The number of nitrogens with one attached hydrogen (secondary N) is 3. The van der Waals surface area contributed by atoms with E-state index in [0.717, 1.165) is 17.0 Å². The zero-order valence-electron chi connectivity index (χ0n) is 12.2. The van der Waals surface area contributed by atoms with Crippen molar-refractivity contribution in [1.82, 2.24) is 15.4 Å². The monoisotopic (exact) mass is 376 g/mol. The van der Waals surface area contributed by atoms with Crippen LogP contribution < -0.4 is 16.2 Å². The molecule has 0 aliphatic carbocycles. The first kappa shape index (κ1) is 18.1. The van der Waals surface area contributed by atoms with E-state index in [1.54, 1.807) is 24.3 Å². The Bertz CT molecular complexity index is 758. The van der Waals surface area contributed by atoms with Crippen LogP contribution in [0.25, 0.3) is 0 Å². The number of carbonyl (C=O) groups excluding carboxylic acids is 1. The Morgan fingerprint density at radius 3 is 2.38 bits per heavy atom. The van der Waals surface area contributed by atoms with Crippen LogP contribution in [0.1, 0.15) is 15.9 Å². The molecule has 1 heterocycles. The number of hydrazine groups is 1. The molecular formula is C14H12ClF3N4OS. The number of halogens is 4. The molecule has 0 aliphatic rings. The van der Waals surface area contributed by atoms with Crippen LogP contribution in [0.5, 0.6) is 0 Å². The van der Waals surface area contributed by atoms with Gasteiger partial charge in [0.05, 0.1) is 11.1 Å². The lowest BCUT2D eigenvalue weighted by molar-refractivity contribution is -0.137. The van der Waals surface area contributed by atoms with E-state index in [1.165, 1.54) is 7.05 Å². The molecule has 2 aromatic rings. The van der Waals surface area contributed by atoms with Crippen molar-refractivity contribution in [2.24, 2.45) is 7.05 Å². The molecule has 10 heteroatoms. The van der Waals surface area contributed by atoms with Gasteiger partial charge < -0.3 is 9.88 Å². The minimum Gasteiger partial charge on any atom is -0.356 e. The lowest BCUT2D eigenvalue weighted by Crippen LogP contribution is -2.44. The summed E-state index contributed by atoms with van der Waals surface area (Å²) in [4.78, 5) is 11.9. The fourth-order valence-corrected chi connectivity index (χ4v) is 2.16. The van der Waals surface area contributed by atoms with Gasteiger partial charge in [-0.1, -0.05) is 11.6 Å². The van der Waals surface area contributed by atoms with Gasteiger partial charge in [-0.2, -0.15) is 13.2 Å². The Hall–Kier alpha value is -2.26. The molecule has 0 fully saturated rings. The third-order valence-corrected chi connectivity index (χ3v) is 3.35. The Morgan fingerprint density at radius 2 is 1.79 bits per heavy atom. The molecule has 5 nitrogen and oxygen atoms in total. The molecule has 0 radical (unpaired) electrons. The summed E-state index contributed by atoms with van der Waals surface area (Å²) >= 11 is 10.7. The fraction of sp³-hybridized carbons (Fsp3) is 0.143. The number of thiocarbonyl (C=S) groups is 1. The van der Waals surface area contributed by atoms with Gasteiger partial charge in [-0.15, -0.1) is 0 Å². The van der Waals surface area contributed by atoms with E-state index in [0.29, 0.717) is 10.7 Å². The minimum atomic E-state index is -4.63. The van der Waals surface area contributed by atoms with Crippen molar-refractivity contribution in [1.29, 1.82) is 0 Å². The summed E-state index contributed by atoms with van der Waals surface area (Å²) in [7, 11) is 1.40. The van der Waals surface area contributed by atoms with E-state index in [-0.39, 0.29) is 5.11 Å². The number of benzene rings is 1. The van der Waals surface area contributed by atoms with E-state index in [2.05, 4.69) is 16.2 Å². The minimum absolute atomic E-state index is 0.00941. The van der Waals surface area contributed by atoms with Crippen molar-refractivity contribution in [3.63, 3.8) is 0 Å². The second-order valence-corrected chi connectivity index (χ2v) is 5.63. The lowest BCUT2D eigenvalue weighted by atomic mass is 10.2. The van der Waals surface area contributed by atoms with E-state index in [1.807, 2.05) is 0 Å². The molecule has 0 atom stereocenters. The average Bonchev–Trinajstić information content (AvgIpc) is 2.89. The van der Waals surface area contributed by atoms with Crippen LogP contribution in [0.4, 0.5) is 18.9 Å². The van der Waals surface area contributed by atoms with Crippen LogP contribution in [0.15, 0.2) is 36.7 Å². The fourth-order valence-electron chi connectivity index (χ4n) is 1.87. The Kier molecular flexibility index (Phi) is 5.35. The highest BCUT2D eigenvalue weighted by Crippen LogP contribution is 2.32.